The molecule has 27 heavy (non-hydrogen) atoms. The van der Waals surface area contributed by atoms with Gasteiger partial charge in [0.1, 0.15) is 5.69 Å². The number of sulfone groups is 1. The van der Waals surface area contributed by atoms with Gasteiger partial charge in [-0.25, -0.2) is 8.42 Å². The van der Waals surface area contributed by atoms with Crippen LogP contribution in [0.3, 0.4) is 0 Å². The fourth-order valence-electron chi connectivity index (χ4n) is 2.28. The Kier molecular flexibility index (Phi) is 6.75. The second-order valence-corrected chi connectivity index (χ2v) is 8.24. The molecule has 0 aliphatic carbocycles. The highest BCUT2D eigenvalue weighted by molar-refractivity contribution is 7.90. The van der Waals surface area contributed by atoms with Gasteiger partial charge in [-0.15, -0.1) is 0 Å². The number of nitrogens with zero attached hydrogens (tertiary/aromatic N) is 1. The Bertz CT molecular complexity index is 946. The van der Waals surface area contributed by atoms with E-state index in [1.165, 1.54) is 12.1 Å². The van der Waals surface area contributed by atoms with Crippen molar-refractivity contribution in [3.05, 3.63) is 63.2 Å². The largest absolute Gasteiger partial charge is 0.371 e. The average Bonchev–Trinajstić information content (AvgIpc) is 2.60. The van der Waals surface area contributed by atoms with Gasteiger partial charge in [-0.2, -0.15) is 0 Å². The molecule has 8 nitrogen and oxygen atoms in total. The number of nitro benzene ring substituents is 1. The topological polar surface area (TPSA) is 118 Å². The molecule has 10 heteroatoms. The van der Waals surface area contributed by atoms with Gasteiger partial charge in [0.05, 0.1) is 16.4 Å². The summed E-state index contributed by atoms with van der Waals surface area (Å²) in [5.74, 6) is -0.342. The monoisotopic (exact) mass is 411 g/mol. The zero-order chi connectivity index (χ0) is 20.0. The highest BCUT2D eigenvalue weighted by Gasteiger charge is 2.19. The summed E-state index contributed by atoms with van der Waals surface area (Å²) < 4.78 is 23.0. The first-order valence-electron chi connectivity index (χ1n) is 7.90. The van der Waals surface area contributed by atoms with Gasteiger partial charge < -0.3 is 10.6 Å². The van der Waals surface area contributed by atoms with Crippen molar-refractivity contribution < 1.29 is 18.1 Å². The van der Waals surface area contributed by atoms with Gasteiger partial charge >= 0.3 is 0 Å². The number of rotatable bonds is 8. The van der Waals surface area contributed by atoms with E-state index in [4.69, 9.17) is 11.6 Å². The van der Waals surface area contributed by atoms with Crippen LogP contribution in [-0.4, -0.2) is 38.6 Å². The Balaban J connectivity index is 1.92. The van der Waals surface area contributed by atoms with Gasteiger partial charge in [-0.3, -0.25) is 14.9 Å². The SMILES string of the molecule is CS(=O)(=O)c1ccc(NCC(=O)NCCc2ccc(Cl)cc2)c([N+](=O)[O-])c1. The minimum absolute atomic E-state index is 0.0697. The van der Waals surface area contributed by atoms with E-state index in [-0.39, 0.29) is 23.0 Å². The normalized spacial score (nSPS) is 11.0. The summed E-state index contributed by atoms with van der Waals surface area (Å²) in [6.45, 7) is 0.219. The molecule has 2 rings (SSSR count). The smallest absolute Gasteiger partial charge is 0.293 e. The number of nitrogens with one attached hydrogen (secondary N) is 2. The molecule has 2 aromatic carbocycles. The maximum Gasteiger partial charge on any atom is 0.293 e. The van der Waals surface area contributed by atoms with Crippen LogP contribution >= 0.6 is 11.6 Å². The Morgan fingerprint density at radius 1 is 1.19 bits per heavy atom. The van der Waals surface area contributed by atoms with Crippen LogP contribution in [-0.2, 0) is 21.1 Å². The molecule has 0 saturated heterocycles. The molecule has 0 bridgehead atoms. The van der Waals surface area contributed by atoms with Gasteiger partial charge in [0.2, 0.25) is 5.91 Å². The first-order chi connectivity index (χ1) is 12.7. The van der Waals surface area contributed by atoms with Gasteiger partial charge in [-0.1, -0.05) is 23.7 Å². The minimum atomic E-state index is -3.57. The van der Waals surface area contributed by atoms with Crippen LogP contribution in [0.2, 0.25) is 5.02 Å². The molecule has 2 N–H and O–H groups in total. The predicted octanol–water partition coefficient (Wildman–Crippen LogP) is 2.42. The third kappa shape index (κ3) is 6.22. The van der Waals surface area contributed by atoms with Crippen molar-refractivity contribution in [3.8, 4) is 0 Å². The molecule has 0 radical (unpaired) electrons. The van der Waals surface area contributed by atoms with Crippen molar-refractivity contribution in [2.24, 2.45) is 0 Å². The fourth-order valence-corrected chi connectivity index (χ4v) is 3.04. The molecule has 0 heterocycles. The van der Waals surface area contributed by atoms with Gasteiger partial charge in [-0.05, 0) is 36.2 Å². The van der Waals surface area contributed by atoms with E-state index in [0.717, 1.165) is 17.9 Å². The Labute approximate surface area is 161 Å². The minimum Gasteiger partial charge on any atom is -0.371 e. The lowest BCUT2D eigenvalue weighted by atomic mass is 10.1. The number of hydrogen-bond acceptors (Lipinski definition) is 6. The summed E-state index contributed by atoms with van der Waals surface area (Å²) in [7, 11) is -3.57. The number of carbonyl (C=O) groups is 1. The van der Waals surface area contributed by atoms with E-state index in [2.05, 4.69) is 10.6 Å². The summed E-state index contributed by atoms with van der Waals surface area (Å²) in [6, 6.07) is 10.7. The molecular weight excluding hydrogens is 394 g/mol. The van der Waals surface area contributed by atoms with E-state index in [9.17, 15) is 23.3 Å². The molecule has 0 spiro atoms. The zero-order valence-corrected chi connectivity index (χ0v) is 16.0. The van der Waals surface area contributed by atoms with Crippen molar-refractivity contribution in [2.45, 2.75) is 11.3 Å². The molecule has 0 fully saturated rings. The Morgan fingerprint density at radius 2 is 1.85 bits per heavy atom. The van der Waals surface area contributed by atoms with Gasteiger partial charge in [0.25, 0.3) is 5.69 Å². The second kappa shape index (κ2) is 8.83. The molecule has 0 aliphatic heterocycles. The number of hydrogen-bond donors (Lipinski definition) is 2. The lowest BCUT2D eigenvalue weighted by molar-refractivity contribution is -0.384. The molecule has 1 amide bonds. The molecule has 0 saturated carbocycles. The van der Waals surface area contributed by atoms with Crippen LogP contribution in [0.25, 0.3) is 0 Å². The molecule has 2 aromatic rings. The van der Waals surface area contributed by atoms with Crippen LogP contribution in [0.15, 0.2) is 47.4 Å². The van der Waals surface area contributed by atoms with E-state index in [0.29, 0.717) is 18.0 Å². The van der Waals surface area contributed by atoms with E-state index >= 15 is 0 Å². The summed E-state index contributed by atoms with van der Waals surface area (Å²) in [5, 5.41) is 17.2. The lowest BCUT2D eigenvalue weighted by Gasteiger charge is -2.09. The van der Waals surface area contributed by atoms with Crippen LogP contribution in [0, 0.1) is 10.1 Å². The van der Waals surface area contributed by atoms with Crippen molar-refractivity contribution in [2.75, 3.05) is 24.7 Å². The molecule has 144 valence electrons. The quantitative estimate of drug-likeness (QED) is 0.508. The van der Waals surface area contributed by atoms with Gasteiger partial charge in [0, 0.05) is 23.9 Å². The van der Waals surface area contributed by atoms with E-state index < -0.39 is 20.4 Å². The van der Waals surface area contributed by atoms with Crippen molar-refractivity contribution >= 4 is 38.7 Å². The highest BCUT2D eigenvalue weighted by Crippen LogP contribution is 2.27. The summed E-state index contributed by atoms with van der Waals surface area (Å²) in [4.78, 5) is 22.2. The van der Waals surface area contributed by atoms with Crippen LogP contribution in [0.5, 0.6) is 0 Å². The van der Waals surface area contributed by atoms with Crippen LogP contribution in [0.4, 0.5) is 11.4 Å². The maximum atomic E-state index is 11.9. The van der Waals surface area contributed by atoms with Crippen molar-refractivity contribution in [1.29, 1.82) is 0 Å². The first-order valence-corrected chi connectivity index (χ1v) is 10.2. The Morgan fingerprint density at radius 3 is 2.44 bits per heavy atom. The van der Waals surface area contributed by atoms with Crippen LogP contribution < -0.4 is 10.6 Å². The lowest BCUT2D eigenvalue weighted by Crippen LogP contribution is -2.31. The third-order valence-corrected chi connectivity index (χ3v) is 5.04. The number of benzene rings is 2. The van der Waals surface area contributed by atoms with E-state index in [1.54, 1.807) is 12.1 Å². The first kappa shape index (κ1) is 20.7. The van der Waals surface area contributed by atoms with Crippen LogP contribution in [0.1, 0.15) is 5.56 Å². The molecule has 0 aromatic heterocycles. The molecule has 0 atom stereocenters. The summed E-state index contributed by atoms with van der Waals surface area (Å²) in [5.41, 5.74) is 0.673. The zero-order valence-electron chi connectivity index (χ0n) is 14.4. The summed E-state index contributed by atoms with van der Waals surface area (Å²) >= 11 is 5.81. The number of carbonyl (C=O) groups excluding carboxylic acids is 1. The third-order valence-electron chi connectivity index (χ3n) is 3.68. The molecular formula is C17H18ClN3O5S. The van der Waals surface area contributed by atoms with Gasteiger partial charge in [0.15, 0.2) is 9.84 Å². The summed E-state index contributed by atoms with van der Waals surface area (Å²) in [6.07, 6.45) is 1.58. The predicted molar refractivity (Wildman–Crippen MR) is 103 cm³/mol. The highest BCUT2D eigenvalue weighted by atomic mass is 35.5. The maximum absolute atomic E-state index is 11.9. The number of anilines is 1. The standard InChI is InChI=1S/C17H18ClN3O5S/c1-27(25,26)14-6-7-15(16(10-14)21(23)24)20-11-17(22)19-9-8-12-2-4-13(18)5-3-12/h2-7,10,20H,8-9,11H2,1H3,(H,19,22). The average molecular weight is 412 g/mol. The number of amides is 1. The second-order valence-electron chi connectivity index (χ2n) is 5.79. The fraction of sp³-hybridized carbons (Fsp3) is 0.235. The molecule has 0 aliphatic rings. The number of nitro groups is 1. The van der Waals surface area contributed by atoms with Crippen molar-refractivity contribution in [3.63, 3.8) is 0 Å². The van der Waals surface area contributed by atoms with Crippen molar-refractivity contribution in [1.82, 2.24) is 5.32 Å². The van der Waals surface area contributed by atoms with E-state index in [1.807, 2.05) is 12.1 Å². The number of halogens is 1. The Hall–Kier alpha value is -2.65. The molecule has 0 unspecified atom stereocenters.